The smallest absolute Gasteiger partial charge is 0.129 e. The van der Waals surface area contributed by atoms with Crippen LogP contribution < -0.4 is 0 Å². The Bertz CT molecular complexity index is 139. The lowest BCUT2D eigenvalue weighted by Crippen LogP contribution is -2.14. The van der Waals surface area contributed by atoms with Crippen LogP contribution in [0.25, 0.3) is 0 Å². The van der Waals surface area contributed by atoms with Crippen LogP contribution in [0.1, 0.15) is 26.2 Å². The summed E-state index contributed by atoms with van der Waals surface area (Å²) in [5, 5.41) is 17.5. The molecule has 13 heavy (non-hydrogen) atoms. The highest BCUT2D eigenvalue weighted by atomic mass is 32.2. The van der Waals surface area contributed by atoms with Crippen LogP contribution in [0.4, 0.5) is 0 Å². The minimum absolute atomic E-state index is 0.166. The van der Waals surface area contributed by atoms with E-state index in [1.807, 2.05) is 0 Å². The predicted octanol–water partition coefficient (Wildman–Crippen LogP) is 0.832. The van der Waals surface area contributed by atoms with Crippen molar-refractivity contribution in [1.29, 1.82) is 0 Å². The van der Waals surface area contributed by atoms with Gasteiger partial charge in [-0.1, -0.05) is 0 Å². The van der Waals surface area contributed by atoms with Crippen LogP contribution in [-0.4, -0.2) is 40.2 Å². The van der Waals surface area contributed by atoms with Crippen LogP contribution >= 0.6 is 11.8 Å². The number of Topliss-reactive ketones (excluding diaryl/α,β-unsaturated/α-hetero) is 1. The average molecular weight is 206 g/mol. The Morgan fingerprint density at radius 3 is 2.69 bits per heavy atom. The van der Waals surface area contributed by atoms with Crippen molar-refractivity contribution in [2.45, 2.75) is 32.3 Å². The first kappa shape index (κ1) is 12.9. The van der Waals surface area contributed by atoms with Crippen LogP contribution in [0.15, 0.2) is 0 Å². The minimum Gasteiger partial charge on any atom is -0.394 e. The van der Waals surface area contributed by atoms with E-state index in [1.165, 1.54) is 0 Å². The van der Waals surface area contributed by atoms with Crippen LogP contribution in [0, 0.1) is 0 Å². The van der Waals surface area contributed by atoms with Gasteiger partial charge in [0, 0.05) is 12.2 Å². The molecule has 0 saturated carbocycles. The van der Waals surface area contributed by atoms with Crippen LogP contribution in [0.3, 0.4) is 0 Å². The maximum absolute atomic E-state index is 10.6. The van der Waals surface area contributed by atoms with E-state index in [1.54, 1.807) is 18.7 Å². The number of ketones is 1. The van der Waals surface area contributed by atoms with Crippen molar-refractivity contribution < 1.29 is 15.0 Å². The molecule has 0 aromatic rings. The molecule has 4 heteroatoms. The zero-order chi connectivity index (χ0) is 10.1. The van der Waals surface area contributed by atoms with E-state index in [0.717, 1.165) is 18.6 Å². The molecule has 0 rings (SSSR count). The highest BCUT2D eigenvalue weighted by Crippen LogP contribution is 2.07. The molecule has 0 aromatic carbocycles. The van der Waals surface area contributed by atoms with Gasteiger partial charge in [0.25, 0.3) is 0 Å². The molecule has 1 unspecified atom stereocenters. The summed E-state index contributed by atoms with van der Waals surface area (Å²) in [5.74, 6) is 1.77. The normalized spacial score (nSPS) is 12.8. The van der Waals surface area contributed by atoms with Crippen molar-refractivity contribution in [2.24, 2.45) is 0 Å². The second kappa shape index (κ2) is 8.53. The first-order valence-electron chi connectivity index (χ1n) is 4.53. The molecule has 0 aliphatic carbocycles. The van der Waals surface area contributed by atoms with Crippen molar-refractivity contribution in [3.63, 3.8) is 0 Å². The Balaban J connectivity index is 3.04. The van der Waals surface area contributed by atoms with Gasteiger partial charge < -0.3 is 15.0 Å². The molecule has 0 saturated heterocycles. The van der Waals surface area contributed by atoms with Crippen molar-refractivity contribution in [3.8, 4) is 0 Å². The first-order chi connectivity index (χ1) is 6.16. The van der Waals surface area contributed by atoms with Gasteiger partial charge in [0.15, 0.2) is 0 Å². The second-order valence-electron chi connectivity index (χ2n) is 3.07. The zero-order valence-electron chi connectivity index (χ0n) is 8.03. The van der Waals surface area contributed by atoms with E-state index in [4.69, 9.17) is 10.2 Å². The summed E-state index contributed by atoms with van der Waals surface area (Å²) in [6.45, 7) is 1.43. The summed E-state index contributed by atoms with van der Waals surface area (Å²) < 4.78 is 0. The summed E-state index contributed by atoms with van der Waals surface area (Å²) in [6, 6.07) is 0. The standard InChI is InChI=1S/C9H18O3S/c1-8(11)4-2-3-5-13-7-9(12)6-10/h9-10,12H,2-7H2,1H3. The van der Waals surface area contributed by atoms with Gasteiger partial charge in [0.05, 0.1) is 12.7 Å². The van der Waals surface area contributed by atoms with Gasteiger partial charge in [-0.3, -0.25) is 0 Å². The van der Waals surface area contributed by atoms with Gasteiger partial charge in [-0.15, -0.1) is 0 Å². The van der Waals surface area contributed by atoms with E-state index in [9.17, 15) is 4.79 Å². The van der Waals surface area contributed by atoms with Gasteiger partial charge in [0.2, 0.25) is 0 Å². The Kier molecular flexibility index (Phi) is 8.49. The Hall–Kier alpha value is -0.0600. The summed E-state index contributed by atoms with van der Waals surface area (Å²) in [4.78, 5) is 10.6. The van der Waals surface area contributed by atoms with Crippen molar-refractivity contribution in [1.82, 2.24) is 0 Å². The number of carbonyl (C=O) groups excluding carboxylic acids is 1. The number of unbranched alkanes of at least 4 members (excludes halogenated alkanes) is 1. The number of aliphatic hydroxyl groups excluding tert-OH is 2. The van der Waals surface area contributed by atoms with Crippen molar-refractivity contribution in [2.75, 3.05) is 18.1 Å². The molecule has 3 nitrogen and oxygen atoms in total. The Morgan fingerprint density at radius 1 is 1.46 bits per heavy atom. The lowest BCUT2D eigenvalue weighted by Gasteiger charge is -2.05. The highest BCUT2D eigenvalue weighted by Gasteiger charge is 2.01. The SMILES string of the molecule is CC(=O)CCCCSCC(O)CO. The van der Waals surface area contributed by atoms with Gasteiger partial charge in [-0.2, -0.15) is 11.8 Å². The van der Waals surface area contributed by atoms with E-state index in [-0.39, 0.29) is 12.4 Å². The fourth-order valence-corrected chi connectivity index (χ4v) is 1.80. The molecule has 2 N–H and O–H groups in total. The Labute approximate surface area is 83.5 Å². The van der Waals surface area contributed by atoms with Crippen molar-refractivity contribution in [3.05, 3.63) is 0 Å². The molecule has 0 aliphatic heterocycles. The molecule has 0 radical (unpaired) electrons. The third kappa shape index (κ3) is 9.86. The summed E-state index contributed by atoms with van der Waals surface area (Å²) in [7, 11) is 0. The fourth-order valence-electron chi connectivity index (χ4n) is 0.850. The quantitative estimate of drug-likeness (QED) is 0.578. The lowest BCUT2D eigenvalue weighted by molar-refractivity contribution is -0.117. The predicted molar refractivity (Wildman–Crippen MR) is 54.9 cm³/mol. The largest absolute Gasteiger partial charge is 0.394 e. The zero-order valence-corrected chi connectivity index (χ0v) is 8.85. The monoisotopic (exact) mass is 206 g/mol. The fraction of sp³-hybridized carbons (Fsp3) is 0.889. The first-order valence-corrected chi connectivity index (χ1v) is 5.68. The number of aliphatic hydroxyl groups is 2. The number of thioether (sulfide) groups is 1. The van der Waals surface area contributed by atoms with Crippen LogP contribution in [0.5, 0.6) is 0 Å². The molecule has 0 amide bonds. The van der Waals surface area contributed by atoms with Gasteiger partial charge in [-0.25, -0.2) is 0 Å². The van der Waals surface area contributed by atoms with E-state index < -0.39 is 6.10 Å². The third-order valence-corrected chi connectivity index (χ3v) is 2.79. The van der Waals surface area contributed by atoms with Crippen LogP contribution in [-0.2, 0) is 4.79 Å². The number of rotatable bonds is 8. The summed E-state index contributed by atoms with van der Waals surface area (Å²) in [6.07, 6.45) is 1.99. The van der Waals surface area contributed by atoms with Gasteiger partial charge >= 0.3 is 0 Å². The second-order valence-corrected chi connectivity index (χ2v) is 4.22. The molecule has 0 fully saturated rings. The molecule has 0 heterocycles. The summed E-state index contributed by atoms with van der Waals surface area (Å²) in [5.41, 5.74) is 0. The molecule has 0 aliphatic rings. The Morgan fingerprint density at radius 2 is 2.15 bits per heavy atom. The number of hydrogen-bond acceptors (Lipinski definition) is 4. The molecule has 0 spiro atoms. The van der Waals surface area contributed by atoms with E-state index >= 15 is 0 Å². The van der Waals surface area contributed by atoms with E-state index in [2.05, 4.69) is 0 Å². The number of hydrogen-bond donors (Lipinski definition) is 2. The van der Waals surface area contributed by atoms with E-state index in [0.29, 0.717) is 12.2 Å². The molecular formula is C9H18O3S. The lowest BCUT2D eigenvalue weighted by atomic mass is 10.2. The average Bonchev–Trinajstić information content (AvgIpc) is 2.10. The molecule has 0 aromatic heterocycles. The third-order valence-electron chi connectivity index (χ3n) is 1.59. The van der Waals surface area contributed by atoms with Gasteiger partial charge in [-0.05, 0) is 25.5 Å². The topological polar surface area (TPSA) is 57.5 Å². The molecular weight excluding hydrogens is 188 g/mol. The van der Waals surface area contributed by atoms with Crippen LogP contribution in [0.2, 0.25) is 0 Å². The highest BCUT2D eigenvalue weighted by molar-refractivity contribution is 7.99. The molecule has 78 valence electrons. The maximum atomic E-state index is 10.6. The number of carbonyl (C=O) groups is 1. The van der Waals surface area contributed by atoms with Gasteiger partial charge in [0.1, 0.15) is 5.78 Å². The maximum Gasteiger partial charge on any atom is 0.129 e. The summed E-state index contributed by atoms with van der Waals surface area (Å²) >= 11 is 1.62. The molecule has 0 bridgehead atoms. The van der Waals surface area contributed by atoms with Crippen molar-refractivity contribution >= 4 is 17.5 Å². The molecule has 1 atom stereocenters. The minimum atomic E-state index is -0.599.